The Labute approximate surface area is 168 Å². The number of nitrogens with one attached hydrogen (secondary N) is 1. The lowest BCUT2D eigenvalue weighted by molar-refractivity contribution is -0.137. The minimum Gasteiger partial charge on any atom is -0.481 e. The van der Waals surface area contributed by atoms with Crippen molar-refractivity contribution < 1.29 is 24.2 Å². The van der Waals surface area contributed by atoms with Gasteiger partial charge in [0.15, 0.2) is 0 Å². The smallest absolute Gasteiger partial charge is 0.407 e. The molecule has 0 radical (unpaired) electrons. The van der Waals surface area contributed by atoms with Crippen LogP contribution in [0.25, 0.3) is 0 Å². The zero-order valence-electron chi connectivity index (χ0n) is 16.8. The SMILES string of the molecule is O=C(O)CCCC=CC[C@@H]1[C@H](CCOC(=O)NC2CCCCC2)[C@@H]2CC[C@H]1O2. The average molecular weight is 394 g/mol. The monoisotopic (exact) mass is 393 g/mol. The standard InChI is InChI=1S/C22H35NO5/c24-21(25)11-7-2-1-6-10-17-18(20-13-12-19(17)28-20)14-15-27-22(26)23-16-8-4-3-5-9-16/h1,6,16-20H,2-5,7-15H2,(H,23,26)(H,24,25)/t17-,18+,19-,20+/m1/s1. The molecule has 1 amide bonds. The Morgan fingerprint density at radius 1 is 1.04 bits per heavy atom. The van der Waals surface area contributed by atoms with Gasteiger partial charge in [-0.25, -0.2) is 4.79 Å². The Kier molecular flexibility index (Phi) is 8.19. The Hall–Kier alpha value is -1.56. The fourth-order valence-corrected chi connectivity index (χ4v) is 5.08. The molecule has 158 valence electrons. The molecule has 2 bridgehead atoms. The molecule has 1 aliphatic carbocycles. The summed E-state index contributed by atoms with van der Waals surface area (Å²) in [5.74, 6) is 0.201. The van der Waals surface area contributed by atoms with Crippen LogP contribution in [0.2, 0.25) is 0 Å². The fraction of sp³-hybridized carbons (Fsp3) is 0.818. The molecule has 4 atom stereocenters. The third-order valence-electron chi connectivity index (χ3n) is 6.54. The van der Waals surface area contributed by atoms with E-state index in [1.165, 1.54) is 19.3 Å². The topological polar surface area (TPSA) is 84.9 Å². The first-order chi connectivity index (χ1) is 13.6. The van der Waals surface area contributed by atoms with Gasteiger partial charge in [-0.2, -0.15) is 0 Å². The second-order valence-corrected chi connectivity index (χ2v) is 8.51. The quantitative estimate of drug-likeness (QED) is 0.424. The molecule has 0 spiro atoms. The first-order valence-corrected chi connectivity index (χ1v) is 11.1. The lowest BCUT2D eigenvalue weighted by Crippen LogP contribution is -2.37. The number of aliphatic carboxylic acids is 1. The number of unbranched alkanes of at least 4 members (excludes halogenated alkanes) is 1. The van der Waals surface area contributed by atoms with Crippen molar-refractivity contribution in [2.45, 2.75) is 95.3 Å². The van der Waals surface area contributed by atoms with Gasteiger partial charge in [0, 0.05) is 12.5 Å². The van der Waals surface area contributed by atoms with Crippen LogP contribution in [0, 0.1) is 11.8 Å². The number of rotatable bonds is 10. The molecule has 2 aliphatic heterocycles. The number of carboxylic acids is 1. The summed E-state index contributed by atoms with van der Waals surface area (Å²) in [6.45, 7) is 0.453. The van der Waals surface area contributed by atoms with Gasteiger partial charge in [0.25, 0.3) is 0 Å². The van der Waals surface area contributed by atoms with Crippen LogP contribution in [-0.4, -0.2) is 42.0 Å². The highest BCUT2D eigenvalue weighted by atomic mass is 16.5. The van der Waals surface area contributed by atoms with Crippen LogP contribution in [0.1, 0.15) is 77.0 Å². The Morgan fingerprint density at radius 2 is 1.79 bits per heavy atom. The van der Waals surface area contributed by atoms with Gasteiger partial charge in [-0.1, -0.05) is 31.4 Å². The van der Waals surface area contributed by atoms with Crippen molar-refractivity contribution in [1.29, 1.82) is 0 Å². The van der Waals surface area contributed by atoms with E-state index in [0.29, 0.717) is 37.1 Å². The maximum Gasteiger partial charge on any atom is 0.407 e. The predicted octanol–water partition coefficient (Wildman–Crippen LogP) is 4.43. The van der Waals surface area contributed by atoms with Crippen LogP contribution in [0.5, 0.6) is 0 Å². The molecule has 3 fully saturated rings. The molecule has 6 nitrogen and oxygen atoms in total. The van der Waals surface area contributed by atoms with Crippen LogP contribution in [0.15, 0.2) is 12.2 Å². The first kappa shape index (κ1) is 21.2. The summed E-state index contributed by atoms with van der Waals surface area (Å²) in [6, 6.07) is 0.283. The summed E-state index contributed by atoms with van der Waals surface area (Å²) < 4.78 is 11.6. The van der Waals surface area contributed by atoms with E-state index in [0.717, 1.165) is 44.9 Å². The average Bonchev–Trinajstić information content (AvgIpc) is 3.27. The number of carbonyl (C=O) groups excluding carboxylic acids is 1. The molecule has 0 aromatic carbocycles. The molecule has 0 aromatic rings. The molecule has 1 saturated carbocycles. The van der Waals surface area contributed by atoms with Gasteiger partial charge in [-0.15, -0.1) is 0 Å². The van der Waals surface area contributed by atoms with Crippen molar-refractivity contribution in [2.24, 2.45) is 11.8 Å². The molecule has 28 heavy (non-hydrogen) atoms. The van der Waals surface area contributed by atoms with E-state index in [2.05, 4.69) is 17.5 Å². The fourth-order valence-electron chi connectivity index (χ4n) is 5.08. The maximum absolute atomic E-state index is 12.0. The van der Waals surface area contributed by atoms with Crippen LogP contribution < -0.4 is 5.32 Å². The van der Waals surface area contributed by atoms with E-state index in [1.54, 1.807) is 0 Å². The van der Waals surface area contributed by atoms with Crippen LogP contribution in [0.3, 0.4) is 0 Å². The van der Waals surface area contributed by atoms with Crippen LogP contribution >= 0.6 is 0 Å². The van der Waals surface area contributed by atoms with E-state index in [-0.39, 0.29) is 18.6 Å². The van der Waals surface area contributed by atoms with E-state index < -0.39 is 5.97 Å². The van der Waals surface area contributed by atoms with Crippen molar-refractivity contribution in [3.63, 3.8) is 0 Å². The summed E-state index contributed by atoms with van der Waals surface area (Å²) in [5.41, 5.74) is 0. The lowest BCUT2D eigenvalue weighted by atomic mass is 9.76. The van der Waals surface area contributed by atoms with E-state index in [4.69, 9.17) is 14.6 Å². The number of hydrogen-bond donors (Lipinski definition) is 2. The van der Waals surface area contributed by atoms with Gasteiger partial charge in [0.05, 0.1) is 18.8 Å². The van der Waals surface area contributed by atoms with Crippen molar-refractivity contribution in [3.8, 4) is 0 Å². The van der Waals surface area contributed by atoms with Gasteiger partial charge < -0.3 is 19.9 Å². The maximum atomic E-state index is 12.0. The molecule has 0 aromatic heterocycles. The molecule has 0 unspecified atom stereocenters. The van der Waals surface area contributed by atoms with Gasteiger partial charge in [0.1, 0.15) is 0 Å². The van der Waals surface area contributed by atoms with E-state index in [9.17, 15) is 9.59 Å². The molecular weight excluding hydrogens is 358 g/mol. The Balaban J connectivity index is 1.36. The lowest BCUT2D eigenvalue weighted by Gasteiger charge is -2.27. The minimum absolute atomic E-state index is 0.227. The number of alkyl carbamates (subject to hydrolysis) is 1. The van der Waals surface area contributed by atoms with E-state index >= 15 is 0 Å². The third-order valence-corrected chi connectivity index (χ3v) is 6.54. The molecular formula is C22H35NO5. The summed E-state index contributed by atoms with van der Waals surface area (Å²) >= 11 is 0. The summed E-state index contributed by atoms with van der Waals surface area (Å²) in [5, 5.41) is 11.7. The highest BCUT2D eigenvalue weighted by molar-refractivity contribution is 5.67. The third kappa shape index (κ3) is 6.23. The predicted molar refractivity (Wildman–Crippen MR) is 106 cm³/mol. The number of ether oxygens (including phenoxy) is 2. The first-order valence-electron chi connectivity index (χ1n) is 11.1. The zero-order chi connectivity index (χ0) is 19.8. The number of carboxylic acid groups (broad SMARTS) is 1. The van der Waals surface area contributed by atoms with Gasteiger partial charge in [-0.05, 0) is 63.2 Å². The number of hydrogen-bond acceptors (Lipinski definition) is 4. The van der Waals surface area contributed by atoms with Crippen molar-refractivity contribution in [1.82, 2.24) is 5.32 Å². The highest BCUT2D eigenvalue weighted by Crippen LogP contribution is 2.46. The molecule has 2 N–H and O–H groups in total. The second-order valence-electron chi connectivity index (χ2n) is 8.51. The van der Waals surface area contributed by atoms with Gasteiger partial charge in [-0.3, -0.25) is 4.79 Å². The Bertz CT molecular complexity index is 543. The molecule has 2 heterocycles. The highest BCUT2D eigenvalue weighted by Gasteiger charge is 2.47. The number of fused-ring (bicyclic) bond motifs is 2. The van der Waals surface area contributed by atoms with Gasteiger partial charge in [0.2, 0.25) is 0 Å². The molecule has 6 heteroatoms. The molecule has 3 aliphatic rings. The normalized spacial score (nSPS) is 30.0. The van der Waals surface area contributed by atoms with E-state index in [1.807, 2.05) is 0 Å². The molecule has 2 saturated heterocycles. The van der Waals surface area contributed by atoms with Crippen LogP contribution in [-0.2, 0) is 14.3 Å². The number of carbonyl (C=O) groups is 2. The summed E-state index contributed by atoms with van der Waals surface area (Å²) in [4.78, 5) is 22.6. The largest absolute Gasteiger partial charge is 0.481 e. The van der Waals surface area contributed by atoms with Gasteiger partial charge >= 0.3 is 12.1 Å². The number of amides is 1. The Morgan fingerprint density at radius 3 is 2.54 bits per heavy atom. The summed E-state index contributed by atoms with van der Waals surface area (Å²) in [7, 11) is 0. The van der Waals surface area contributed by atoms with Crippen molar-refractivity contribution >= 4 is 12.1 Å². The summed E-state index contributed by atoms with van der Waals surface area (Å²) in [6.07, 6.45) is 16.2. The zero-order valence-corrected chi connectivity index (χ0v) is 16.8. The van der Waals surface area contributed by atoms with Crippen molar-refractivity contribution in [3.05, 3.63) is 12.2 Å². The second kappa shape index (κ2) is 10.8. The van der Waals surface area contributed by atoms with Crippen LogP contribution in [0.4, 0.5) is 4.79 Å². The van der Waals surface area contributed by atoms with Crippen molar-refractivity contribution in [2.75, 3.05) is 6.61 Å². The minimum atomic E-state index is -0.734. The molecule has 3 rings (SSSR count). The number of allylic oxidation sites excluding steroid dienone is 2.